The molecule has 1 saturated heterocycles. The Hall–Kier alpha value is -3.09. The molecule has 1 aliphatic rings. The second-order valence-electron chi connectivity index (χ2n) is 8.58. The van der Waals surface area contributed by atoms with Crippen LogP contribution >= 0.6 is 23.2 Å². The number of piperidine rings is 1. The van der Waals surface area contributed by atoms with Gasteiger partial charge in [-0.25, -0.2) is 4.98 Å². The molecule has 4 aromatic rings. The Kier molecular flexibility index (Phi) is 6.70. The number of fused-ring (bicyclic) bond motifs is 1. The average Bonchev–Trinajstić information content (AvgIpc) is 3.30. The third-order valence-corrected chi connectivity index (χ3v) is 7.12. The highest BCUT2D eigenvalue weighted by Crippen LogP contribution is 2.35. The lowest BCUT2D eigenvalue weighted by molar-refractivity contribution is -0.125. The van der Waals surface area contributed by atoms with Crippen LogP contribution in [0.15, 0.2) is 67.3 Å². The van der Waals surface area contributed by atoms with Gasteiger partial charge < -0.3 is 15.2 Å². The summed E-state index contributed by atoms with van der Waals surface area (Å²) in [7, 11) is 0. The van der Waals surface area contributed by atoms with Crippen molar-refractivity contribution in [3.63, 3.8) is 0 Å². The van der Waals surface area contributed by atoms with Crippen molar-refractivity contribution in [1.82, 2.24) is 20.3 Å². The first-order chi connectivity index (χ1) is 16.6. The number of amides is 1. The summed E-state index contributed by atoms with van der Waals surface area (Å²) in [5.41, 5.74) is 3.08. The summed E-state index contributed by atoms with van der Waals surface area (Å²) in [6.45, 7) is 2.02. The maximum atomic E-state index is 13.1. The lowest BCUT2D eigenvalue weighted by Gasteiger charge is -2.32. The number of rotatable bonds is 6. The van der Waals surface area contributed by atoms with E-state index in [1.54, 1.807) is 24.7 Å². The zero-order chi connectivity index (χ0) is 23.5. The molecule has 3 heterocycles. The Morgan fingerprint density at radius 3 is 2.71 bits per heavy atom. The first-order valence-corrected chi connectivity index (χ1v) is 12.2. The third kappa shape index (κ3) is 4.74. The van der Waals surface area contributed by atoms with Crippen LogP contribution in [0.4, 0.5) is 5.82 Å². The summed E-state index contributed by atoms with van der Waals surface area (Å²) in [6.07, 6.45) is 8.69. The molecule has 1 aliphatic heterocycles. The fraction of sp³-hybridized carbons (Fsp3) is 0.269. The molecule has 1 atom stereocenters. The molecule has 2 aromatic carbocycles. The number of carbonyl (C=O) groups excluding carboxylic acids is 1. The second-order valence-corrected chi connectivity index (χ2v) is 9.42. The van der Waals surface area contributed by atoms with Gasteiger partial charge >= 0.3 is 0 Å². The first-order valence-electron chi connectivity index (χ1n) is 11.4. The van der Waals surface area contributed by atoms with E-state index in [9.17, 15) is 4.79 Å². The summed E-state index contributed by atoms with van der Waals surface area (Å²) in [6, 6.07) is 13.7. The largest absolute Gasteiger partial charge is 0.361 e. The van der Waals surface area contributed by atoms with Gasteiger partial charge in [0.2, 0.25) is 5.91 Å². The molecule has 8 heteroatoms. The van der Waals surface area contributed by atoms with Crippen LogP contribution in [0.2, 0.25) is 10.0 Å². The monoisotopic (exact) mass is 493 g/mol. The number of para-hydroxylation sites is 1. The third-order valence-electron chi connectivity index (χ3n) is 6.55. The van der Waals surface area contributed by atoms with Crippen molar-refractivity contribution in [2.24, 2.45) is 5.92 Å². The van der Waals surface area contributed by atoms with Gasteiger partial charge in [-0.3, -0.25) is 9.78 Å². The van der Waals surface area contributed by atoms with Crippen LogP contribution in [0, 0.1) is 5.92 Å². The predicted molar refractivity (Wildman–Crippen MR) is 137 cm³/mol. The van der Waals surface area contributed by atoms with Crippen molar-refractivity contribution in [2.75, 3.05) is 24.5 Å². The van der Waals surface area contributed by atoms with Crippen molar-refractivity contribution in [1.29, 1.82) is 0 Å². The normalized spacial score (nSPS) is 15.4. The van der Waals surface area contributed by atoms with Gasteiger partial charge in [0.15, 0.2) is 0 Å². The van der Waals surface area contributed by atoms with Crippen LogP contribution in [0.5, 0.6) is 0 Å². The van der Waals surface area contributed by atoms with E-state index < -0.39 is 0 Å². The highest BCUT2D eigenvalue weighted by atomic mass is 35.5. The maximum absolute atomic E-state index is 13.1. The van der Waals surface area contributed by atoms with E-state index in [4.69, 9.17) is 23.2 Å². The summed E-state index contributed by atoms with van der Waals surface area (Å²) in [5.74, 6) is 0.800. The van der Waals surface area contributed by atoms with Gasteiger partial charge in [-0.15, -0.1) is 0 Å². The molecular formula is C26H25Cl2N5O. The molecule has 0 spiro atoms. The number of halogens is 2. The quantitative estimate of drug-likeness (QED) is 0.375. The molecule has 0 bridgehead atoms. The first kappa shape index (κ1) is 22.7. The van der Waals surface area contributed by atoms with Crippen LogP contribution in [-0.2, 0) is 4.79 Å². The molecule has 0 radical (unpaired) electrons. The molecule has 2 N–H and O–H groups in total. The Labute approximate surface area is 208 Å². The molecule has 6 nitrogen and oxygen atoms in total. The highest BCUT2D eigenvalue weighted by molar-refractivity contribution is 6.35. The topological polar surface area (TPSA) is 73.9 Å². The molecule has 174 valence electrons. The Balaban J connectivity index is 1.32. The molecule has 5 rings (SSSR count). The fourth-order valence-electron chi connectivity index (χ4n) is 4.73. The van der Waals surface area contributed by atoms with E-state index in [-0.39, 0.29) is 17.7 Å². The van der Waals surface area contributed by atoms with Crippen LogP contribution in [0.25, 0.3) is 10.9 Å². The number of carbonyl (C=O) groups is 1. The van der Waals surface area contributed by atoms with Crippen LogP contribution in [0.3, 0.4) is 0 Å². The Morgan fingerprint density at radius 1 is 1.12 bits per heavy atom. The standard InChI is InChI=1S/C26H25Cl2N5O/c27-18-5-6-19(23(28)13-18)21(22-14-31-24-4-2-1-3-20(22)24)15-32-26(34)17-7-11-33(12-8-17)25-16-29-9-10-30-25/h1-6,9-10,13-14,16-17,21,31H,7-8,11-12,15H2,(H,32,34). The fourth-order valence-corrected chi connectivity index (χ4v) is 5.27. The van der Waals surface area contributed by atoms with Gasteiger partial charge in [-0.2, -0.15) is 0 Å². The smallest absolute Gasteiger partial charge is 0.223 e. The lowest BCUT2D eigenvalue weighted by Crippen LogP contribution is -2.41. The lowest BCUT2D eigenvalue weighted by atomic mass is 9.90. The zero-order valence-corrected chi connectivity index (χ0v) is 20.1. The van der Waals surface area contributed by atoms with Crippen LogP contribution in [-0.4, -0.2) is 40.5 Å². The SMILES string of the molecule is O=C(NCC(c1ccc(Cl)cc1Cl)c1c[nH]c2ccccc12)C1CCN(c2cnccn2)CC1. The van der Waals surface area contributed by atoms with Gasteiger partial charge in [0.1, 0.15) is 5.82 Å². The molecule has 34 heavy (non-hydrogen) atoms. The van der Waals surface area contributed by atoms with Gasteiger partial charge in [0.05, 0.1) is 6.20 Å². The van der Waals surface area contributed by atoms with Crippen LogP contribution in [0.1, 0.15) is 29.9 Å². The average molecular weight is 494 g/mol. The number of nitrogens with zero attached hydrogens (tertiary/aromatic N) is 3. The summed E-state index contributed by atoms with van der Waals surface area (Å²) >= 11 is 12.8. The second kappa shape index (κ2) is 10.0. The van der Waals surface area contributed by atoms with E-state index in [0.29, 0.717) is 16.6 Å². The van der Waals surface area contributed by atoms with Crippen molar-refractivity contribution in [3.8, 4) is 0 Å². The van der Waals surface area contributed by atoms with Crippen molar-refractivity contribution in [2.45, 2.75) is 18.8 Å². The molecule has 0 aliphatic carbocycles. The molecule has 1 amide bonds. The minimum Gasteiger partial charge on any atom is -0.361 e. The number of nitrogens with one attached hydrogen (secondary N) is 2. The van der Waals surface area contributed by atoms with E-state index in [0.717, 1.165) is 53.8 Å². The molecule has 2 aromatic heterocycles. The van der Waals surface area contributed by atoms with E-state index in [1.807, 2.05) is 36.5 Å². The van der Waals surface area contributed by atoms with Crippen LogP contribution < -0.4 is 10.2 Å². The Bertz CT molecular complexity index is 1280. The number of benzene rings is 2. The predicted octanol–water partition coefficient (Wildman–Crippen LogP) is 5.43. The summed E-state index contributed by atoms with van der Waals surface area (Å²) < 4.78 is 0. The number of hydrogen-bond acceptors (Lipinski definition) is 4. The van der Waals surface area contributed by atoms with Gasteiger partial charge in [-0.05, 0) is 42.2 Å². The number of H-pyrrole nitrogens is 1. The van der Waals surface area contributed by atoms with Crippen molar-refractivity contribution in [3.05, 3.63) is 88.4 Å². The summed E-state index contributed by atoms with van der Waals surface area (Å²) in [5, 5.41) is 5.51. The molecule has 1 unspecified atom stereocenters. The summed E-state index contributed by atoms with van der Waals surface area (Å²) in [4.78, 5) is 27.2. The van der Waals surface area contributed by atoms with Gasteiger partial charge in [0, 0.05) is 71.0 Å². The number of aromatic nitrogens is 3. The molecule has 1 fully saturated rings. The molecule has 0 saturated carbocycles. The number of hydrogen-bond donors (Lipinski definition) is 2. The molecular weight excluding hydrogens is 469 g/mol. The van der Waals surface area contributed by atoms with E-state index >= 15 is 0 Å². The van der Waals surface area contributed by atoms with Crippen molar-refractivity contribution < 1.29 is 4.79 Å². The number of anilines is 1. The zero-order valence-electron chi connectivity index (χ0n) is 18.5. The number of aromatic amines is 1. The van der Waals surface area contributed by atoms with E-state index in [2.05, 4.69) is 31.2 Å². The minimum atomic E-state index is -0.107. The van der Waals surface area contributed by atoms with Crippen molar-refractivity contribution >= 4 is 45.8 Å². The minimum absolute atomic E-state index is 0.0303. The Morgan fingerprint density at radius 2 is 1.94 bits per heavy atom. The van der Waals surface area contributed by atoms with Gasteiger partial charge in [0.25, 0.3) is 0 Å². The maximum Gasteiger partial charge on any atom is 0.223 e. The van der Waals surface area contributed by atoms with Gasteiger partial charge in [-0.1, -0.05) is 47.5 Å². The van der Waals surface area contributed by atoms with E-state index in [1.165, 1.54) is 0 Å². The highest BCUT2D eigenvalue weighted by Gasteiger charge is 2.27.